The Kier molecular flexibility index (Phi) is 7.18. The van der Waals surface area contributed by atoms with Crippen molar-refractivity contribution in [1.82, 2.24) is 9.80 Å². The highest BCUT2D eigenvalue weighted by atomic mass is 16.7. The number of cyclic esters (lactones) is 2. The second-order valence-corrected chi connectivity index (χ2v) is 6.38. The van der Waals surface area contributed by atoms with Gasteiger partial charge in [-0.25, -0.2) is 9.59 Å². The summed E-state index contributed by atoms with van der Waals surface area (Å²) in [6, 6.07) is 0. The van der Waals surface area contributed by atoms with Gasteiger partial charge in [0.15, 0.2) is 12.4 Å². The number of carbonyl (C=O) groups excluding carboxylic acids is 2. The van der Waals surface area contributed by atoms with Crippen LogP contribution in [0.15, 0.2) is 11.8 Å². The summed E-state index contributed by atoms with van der Waals surface area (Å²) in [6.07, 6.45) is 1.02. The third kappa shape index (κ3) is 6.28. The van der Waals surface area contributed by atoms with Gasteiger partial charge in [0.1, 0.15) is 6.26 Å². The first-order valence-corrected chi connectivity index (χ1v) is 8.42. The minimum atomic E-state index is -1.25. The van der Waals surface area contributed by atoms with Crippen LogP contribution < -0.4 is 5.73 Å². The Morgan fingerprint density at radius 2 is 1.64 bits per heavy atom. The summed E-state index contributed by atoms with van der Waals surface area (Å²) in [6.45, 7) is 9.85. The lowest BCUT2D eigenvalue weighted by Crippen LogP contribution is -2.48. The maximum atomic E-state index is 11.7. The summed E-state index contributed by atoms with van der Waals surface area (Å²) in [4.78, 5) is 28.0. The Hall–Kier alpha value is -1.68. The molecule has 142 valence electrons. The zero-order valence-electron chi connectivity index (χ0n) is 14.9. The van der Waals surface area contributed by atoms with Gasteiger partial charge in [0.05, 0.1) is 6.61 Å². The maximum Gasteiger partial charge on any atom is 0.352 e. The molecule has 0 saturated carbocycles. The Morgan fingerprint density at radius 1 is 1.08 bits per heavy atom. The Morgan fingerprint density at radius 3 is 2.20 bits per heavy atom. The zero-order valence-corrected chi connectivity index (χ0v) is 14.9. The standard InChI is InChI=1S/C16H27N3O6/c1-16(2)24-14(20)13(15(21)25-16)11-23-12-22-10-9-19-7-5-18(4-3-17)6-8-19/h11H,3-10,12,17H2,1-2H3. The number of carbonyl (C=O) groups is 2. The molecule has 2 heterocycles. The minimum absolute atomic E-state index is 0.0550. The van der Waals surface area contributed by atoms with Gasteiger partial charge in [0.2, 0.25) is 0 Å². The Bertz CT molecular complexity index is 478. The van der Waals surface area contributed by atoms with Crippen molar-refractivity contribution in [2.45, 2.75) is 19.6 Å². The number of nitrogens with two attached hydrogens (primary N) is 1. The molecule has 0 atom stereocenters. The van der Waals surface area contributed by atoms with Crippen LogP contribution in [-0.4, -0.2) is 86.7 Å². The van der Waals surface area contributed by atoms with E-state index in [0.717, 1.165) is 45.5 Å². The van der Waals surface area contributed by atoms with Gasteiger partial charge in [-0.2, -0.15) is 0 Å². The van der Waals surface area contributed by atoms with Crippen molar-refractivity contribution >= 4 is 11.9 Å². The topological polar surface area (TPSA) is 104 Å². The van der Waals surface area contributed by atoms with Crippen LogP contribution >= 0.6 is 0 Å². The summed E-state index contributed by atoms with van der Waals surface area (Å²) >= 11 is 0. The Labute approximate surface area is 147 Å². The molecule has 0 bridgehead atoms. The first-order chi connectivity index (χ1) is 11.9. The van der Waals surface area contributed by atoms with Crippen molar-refractivity contribution in [3.05, 3.63) is 11.8 Å². The lowest BCUT2D eigenvalue weighted by Gasteiger charge is -2.34. The molecule has 0 unspecified atom stereocenters. The molecule has 0 aromatic heterocycles. The highest BCUT2D eigenvalue weighted by Gasteiger charge is 2.39. The smallest absolute Gasteiger partial charge is 0.352 e. The van der Waals surface area contributed by atoms with Crippen molar-refractivity contribution in [2.24, 2.45) is 5.73 Å². The molecule has 2 aliphatic rings. The van der Waals surface area contributed by atoms with Gasteiger partial charge in [-0.1, -0.05) is 0 Å². The number of hydrogen-bond acceptors (Lipinski definition) is 9. The molecule has 25 heavy (non-hydrogen) atoms. The fraction of sp³-hybridized carbons (Fsp3) is 0.750. The van der Waals surface area contributed by atoms with Crippen LogP contribution in [0.4, 0.5) is 0 Å². The van der Waals surface area contributed by atoms with Crippen LogP contribution in [0.3, 0.4) is 0 Å². The number of hydrogen-bond donors (Lipinski definition) is 1. The van der Waals surface area contributed by atoms with Crippen LogP contribution in [0.5, 0.6) is 0 Å². The lowest BCUT2D eigenvalue weighted by atomic mass is 10.2. The quantitative estimate of drug-likeness (QED) is 0.150. The molecule has 2 aliphatic heterocycles. The number of rotatable bonds is 8. The van der Waals surface area contributed by atoms with Gasteiger partial charge >= 0.3 is 11.9 Å². The van der Waals surface area contributed by atoms with E-state index in [1.54, 1.807) is 0 Å². The highest BCUT2D eigenvalue weighted by molar-refractivity contribution is 6.15. The second-order valence-electron chi connectivity index (χ2n) is 6.38. The van der Waals surface area contributed by atoms with Gasteiger partial charge in [-0.05, 0) is 0 Å². The number of piperazine rings is 1. The summed E-state index contributed by atoms with van der Waals surface area (Å²) < 4.78 is 20.4. The second kappa shape index (κ2) is 9.14. The fourth-order valence-electron chi connectivity index (χ4n) is 2.59. The molecule has 0 spiro atoms. The van der Waals surface area contributed by atoms with Crippen LogP contribution in [0, 0.1) is 0 Å². The molecular weight excluding hydrogens is 330 g/mol. The molecule has 0 amide bonds. The molecule has 2 N–H and O–H groups in total. The summed E-state index contributed by atoms with van der Waals surface area (Å²) in [5.74, 6) is -2.79. The fourth-order valence-corrected chi connectivity index (χ4v) is 2.59. The van der Waals surface area contributed by atoms with E-state index in [9.17, 15) is 9.59 Å². The van der Waals surface area contributed by atoms with Crippen molar-refractivity contribution < 1.29 is 28.5 Å². The third-order valence-electron chi connectivity index (χ3n) is 3.93. The molecule has 9 heteroatoms. The molecule has 0 aromatic carbocycles. The maximum absolute atomic E-state index is 11.7. The SMILES string of the molecule is CC1(C)OC(=O)C(=COCOCCN2CCN(CCN)CC2)C(=O)O1. The van der Waals surface area contributed by atoms with E-state index in [2.05, 4.69) is 9.80 Å². The van der Waals surface area contributed by atoms with Gasteiger partial charge in [0.25, 0.3) is 5.79 Å². The molecule has 0 aromatic rings. The minimum Gasteiger partial charge on any atom is -0.474 e. The predicted molar refractivity (Wildman–Crippen MR) is 88.2 cm³/mol. The predicted octanol–water partition coefficient (Wildman–Crippen LogP) is -0.727. The molecule has 2 fully saturated rings. The normalized spacial score (nSPS) is 21.6. The monoisotopic (exact) mass is 357 g/mol. The first-order valence-electron chi connectivity index (χ1n) is 8.42. The van der Waals surface area contributed by atoms with Crippen molar-refractivity contribution in [1.29, 1.82) is 0 Å². The van der Waals surface area contributed by atoms with Crippen molar-refractivity contribution in [3.63, 3.8) is 0 Å². The van der Waals surface area contributed by atoms with Crippen LogP contribution in [0.2, 0.25) is 0 Å². The van der Waals surface area contributed by atoms with E-state index in [1.807, 2.05) is 0 Å². The Balaban J connectivity index is 1.59. The molecule has 2 saturated heterocycles. The first kappa shape index (κ1) is 19.6. The van der Waals surface area contributed by atoms with E-state index in [0.29, 0.717) is 13.2 Å². The number of nitrogens with zero attached hydrogens (tertiary/aromatic N) is 2. The van der Waals surface area contributed by atoms with E-state index in [4.69, 9.17) is 24.7 Å². The van der Waals surface area contributed by atoms with Gasteiger partial charge in [-0.15, -0.1) is 0 Å². The molecular formula is C16H27N3O6. The number of esters is 2. The summed E-state index contributed by atoms with van der Waals surface area (Å²) in [5, 5.41) is 0. The van der Waals surface area contributed by atoms with Crippen molar-refractivity contribution in [2.75, 3.05) is 59.2 Å². The zero-order chi connectivity index (χ0) is 18.3. The van der Waals surface area contributed by atoms with Crippen molar-refractivity contribution in [3.8, 4) is 0 Å². The average molecular weight is 357 g/mol. The van der Waals surface area contributed by atoms with Gasteiger partial charge in [-0.3, -0.25) is 9.80 Å². The van der Waals surface area contributed by atoms with E-state index >= 15 is 0 Å². The summed E-state index contributed by atoms with van der Waals surface area (Å²) in [5.41, 5.74) is 5.27. The summed E-state index contributed by atoms with van der Waals surface area (Å²) in [7, 11) is 0. The van der Waals surface area contributed by atoms with Crippen LogP contribution in [0.1, 0.15) is 13.8 Å². The highest BCUT2D eigenvalue weighted by Crippen LogP contribution is 2.22. The van der Waals surface area contributed by atoms with E-state index < -0.39 is 17.7 Å². The average Bonchev–Trinajstić information content (AvgIpc) is 2.53. The molecule has 9 nitrogen and oxygen atoms in total. The molecule has 0 aliphatic carbocycles. The van der Waals surface area contributed by atoms with Gasteiger partial charge in [0, 0.05) is 59.7 Å². The van der Waals surface area contributed by atoms with Crippen LogP contribution in [0.25, 0.3) is 0 Å². The lowest BCUT2D eigenvalue weighted by molar-refractivity contribution is -0.222. The molecule has 2 rings (SSSR count). The molecule has 0 radical (unpaired) electrons. The van der Waals surface area contributed by atoms with E-state index in [1.165, 1.54) is 13.8 Å². The van der Waals surface area contributed by atoms with E-state index in [-0.39, 0.29) is 12.4 Å². The largest absolute Gasteiger partial charge is 0.474 e. The van der Waals surface area contributed by atoms with Crippen LogP contribution in [-0.2, 0) is 28.5 Å². The van der Waals surface area contributed by atoms with Gasteiger partial charge < -0.3 is 24.7 Å². The third-order valence-corrected chi connectivity index (χ3v) is 3.93. The number of ether oxygens (including phenoxy) is 4.